The third kappa shape index (κ3) is 6.53. The lowest BCUT2D eigenvalue weighted by Crippen LogP contribution is -2.54. The van der Waals surface area contributed by atoms with Crippen molar-refractivity contribution in [2.24, 2.45) is 0 Å². The molecule has 1 saturated carbocycles. The number of nitrogens with one attached hydrogen (secondary N) is 2. The van der Waals surface area contributed by atoms with Gasteiger partial charge in [-0.3, -0.25) is 14.4 Å². The van der Waals surface area contributed by atoms with Gasteiger partial charge >= 0.3 is 11.8 Å². The molecule has 2 fully saturated rings. The van der Waals surface area contributed by atoms with Gasteiger partial charge in [0.15, 0.2) is 0 Å². The van der Waals surface area contributed by atoms with Crippen LogP contribution in [0, 0.1) is 0 Å². The van der Waals surface area contributed by atoms with Crippen molar-refractivity contribution < 1.29 is 19.1 Å². The second kappa shape index (κ2) is 10.3. The Labute approximate surface area is 184 Å². The number of ether oxygens (including phenoxy) is 1. The SMILES string of the molecule is CC(C)(C)NC(=O)[C@H](c1ccccc1)N(C[C@H]1CCCO1)C(=O)C(=O)NC1CCCC1. The summed E-state index contributed by atoms with van der Waals surface area (Å²) in [5.41, 5.74) is 0.193. The molecule has 2 N–H and O–H groups in total. The van der Waals surface area contributed by atoms with Gasteiger partial charge in [-0.05, 0) is 52.0 Å². The van der Waals surface area contributed by atoms with E-state index in [0.717, 1.165) is 38.5 Å². The maximum absolute atomic E-state index is 13.4. The van der Waals surface area contributed by atoms with Gasteiger partial charge in [0.05, 0.1) is 6.10 Å². The molecule has 7 nitrogen and oxygen atoms in total. The van der Waals surface area contributed by atoms with Gasteiger partial charge in [-0.2, -0.15) is 0 Å². The van der Waals surface area contributed by atoms with Crippen molar-refractivity contribution in [1.82, 2.24) is 15.5 Å². The maximum atomic E-state index is 13.4. The summed E-state index contributed by atoms with van der Waals surface area (Å²) in [6.45, 7) is 6.52. The molecular weight excluding hydrogens is 394 g/mol. The summed E-state index contributed by atoms with van der Waals surface area (Å²) >= 11 is 0. The summed E-state index contributed by atoms with van der Waals surface area (Å²) < 4.78 is 5.76. The number of nitrogens with zero attached hydrogens (tertiary/aromatic N) is 1. The standard InChI is InChI=1S/C24H35N3O4/c1-24(2,3)26-21(28)20(17-10-5-4-6-11-17)27(16-19-14-9-15-31-19)23(30)22(29)25-18-12-7-8-13-18/h4-6,10-11,18-20H,7-9,12-16H2,1-3H3,(H,25,29)(H,26,28)/t19-,20+/m1/s1. The van der Waals surface area contributed by atoms with Gasteiger partial charge in [0, 0.05) is 24.7 Å². The molecule has 1 aliphatic carbocycles. The Hall–Kier alpha value is -2.41. The van der Waals surface area contributed by atoms with Gasteiger partial charge in [-0.25, -0.2) is 0 Å². The van der Waals surface area contributed by atoms with E-state index in [0.29, 0.717) is 12.2 Å². The predicted octanol–water partition coefficient (Wildman–Crippen LogP) is 2.71. The van der Waals surface area contributed by atoms with Crippen molar-refractivity contribution in [3.05, 3.63) is 35.9 Å². The monoisotopic (exact) mass is 429 g/mol. The van der Waals surface area contributed by atoms with Crippen LogP contribution in [0.4, 0.5) is 0 Å². The van der Waals surface area contributed by atoms with Gasteiger partial charge in [0.2, 0.25) is 5.91 Å². The van der Waals surface area contributed by atoms with Crippen LogP contribution in [-0.2, 0) is 19.1 Å². The molecule has 1 aliphatic heterocycles. The molecule has 1 aromatic rings. The van der Waals surface area contributed by atoms with Gasteiger partial charge in [0.25, 0.3) is 0 Å². The van der Waals surface area contributed by atoms with E-state index >= 15 is 0 Å². The van der Waals surface area contributed by atoms with Crippen LogP contribution in [0.3, 0.4) is 0 Å². The normalized spacial score (nSPS) is 20.3. The van der Waals surface area contributed by atoms with E-state index in [4.69, 9.17) is 4.74 Å². The zero-order valence-electron chi connectivity index (χ0n) is 18.9. The van der Waals surface area contributed by atoms with E-state index in [1.165, 1.54) is 4.90 Å². The van der Waals surface area contributed by atoms with Gasteiger partial charge in [-0.15, -0.1) is 0 Å². The Morgan fingerprint density at radius 1 is 1.06 bits per heavy atom. The van der Waals surface area contributed by atoms with Crippen LogP contribution in [0.5, 0.6) is 0 Å². The molecule has 2 aliphatic rings. The van der Waals surface area contributed by atoms with Gasteiger partial charge < -0.3 is 20.3 Å². The van der Waals surface area contributed by atoms with Crippen molar-refractivity contribution in [3.8, 4) is 0 Å². The Kier molecular flexibility index (Phi) is 7.70. The van der Waals surface area contributed by atoms with E-state index in [1.54, 1.807) is 0 Å². The first-order chi connectivity index (χ1) is 14.7. The number of amides is 3. The van der Waals surface area contributed by atoms with Gasteiger partial charge in [0.1, 0.15) is 6.04 Å². The van der Waals surface area contributed by atoms with E-state index in [-0.39, 0.29) is 24.6 Å². The second-order valence-corrected chi connectivity index (χ2v) is 9.60. The Balaban J connectivity index is 1.90. The van der Waals surface area contributed by atoms with E-state index in [2.05, 4.69) is 10.6 Å². The highest BCUT2D eigenvalue weighted by atomic mass is 16.5. The Bertz CT molecular complexity index is 763. The first-order valence-electron chi connectivity index (χ1n) is 11.3. The highest BCUT2D eigenvalue weighted by molar-refractivity contribution is 6.35. The molecule has 3 amide bonds. The van der Waals surface area contributed by atoms with Crippen molar-refractivity contribution in [2.75, 3.05) is 13.2 Å². The second-order valence-electron chi connectivity index (χ2n) is 9.60. The van der Waals surface area contributed by atoms with E-state index < -0.39 is 23.4 Å². The predicted molar refractivity (Wildman–Crippen MR) is 118 cm³/mol. The molecule has 0 spiro atoms. The summed E-state index contributed by atoms with van der Waals surface area (Å²) in [5.74, 6) is -1.63. The number of hydrogen-bond donors (Lipinski definition) is 2. The number of carbonyl (C=O) groups is 3. The van der Waals surface area contributed by atoms with Crippen LogP contribution in [0.2, 0.25) is 0 Å². The van der Waals surface area contributed by atoms with Crippen LogP contribution in [-0.4, -0.2) is 53.5 Å². The molecule has 31 heavy (non-hydrogen) atoms. The molecule has 0 unspecified atom stereocenters. The Morgan fingerprint density at radius 3 is 2.32 bits per heavy atom. The molecule has 0 radical (unpaired) electrons. The average Bonchev–Trinajstić information content (AvgIpc) is 3.40. The van der Waals surface area contributed by atoms with Crippen LogP contribution in [0.1, 0.15) is 70.9 Å². The number of benzene rings is 1. The van der Waals surface area contributed by atoms with Crippen LogP contribution in [0.25, 0.3) is 0 Å². The van der Waals surface area contributed by atoms with E-state index in [9.17, 15) is 14.4 Å². The molecule has 3 rings (SSSR count). The topological polar surface area (TPSA) is 87.7 Å². The first-order valence-corrected chi connectivity index (χ1v) is 11.3. The largest absolute Gasteiger partial charge is 0.376 e. The minimum absolute atomic E-state index is 0.0274. The molecule has 170 valence electrons. The van der Waals surface area contributed by atoms with Gasteiger partial charge in [-0.1, -0.05) is 43.2 Å². The van der Waals surface area contributed by atoms with Crippen molar-refractivity contribution in [1.29, 1.82) is 0 Å². The van der Waals surface area contributed by atoms with Crippen LogP contribution in [0.15, 0.2) is 30.3 Å². The summed E-state index contributed by atoms with van der Waals surface area (Å²) in [6.07, 6.45) is 5.41. The summed E-state index contributed by atoms with van der Waals surface area (Å²) in [7, 11) is 0. The maximum Gasteiger partial charge on any atom is 0.312 e. The summed E-state index contributed by atoms with van der Waals surface area (Å²) in [6, 6.07) is 8.28. The lowest BCUT2D eigenvalue weighted by atomic mass is 10.0. The zero-order chi connectivity index (χ0) is 22.4. The Morgan fingerprint density at radius 2 is 1.74 bits per heavy atom. The number of rotatable bonds is 6. The molecule has 7 heteroatoms. The molecule has 1 aromatic carbocycles. The minimum Gasteiger partial charge on any atom is -0.376 e. The lowest BCUT2D eigenvalue weighted by molar-refractivity contribution is -0.151. The fourth-order valence-corrected chi connectivity index (χ4v) is 4.31. The fraction of sp³-hybridized carbons (Fsp3) is 0.625. The van der Waals surface area contributed by atoms with Crippen LogP contribution < -0.4 is 10.6 Å². The molecule has 0 bridgehead atoms. The summed E-state index contributed by atoms with van der Waals surface area (Å²) in [4.78, 5) is 41.0. The third-order valence-electron chi connectivity index (χ3n) is 5.74. The molecular formula is C24H35N3O4. The van der Waals surface area contributed by atoms with Crippen molar-refractivity contribution >= 4 is 17.7 Å². The van der Waals surface area contributed by atoms with E-state index in [1.807, 2.05) is 51.1 Å². The highest BCUT2D eigenvalue weighted by Crippen LogP contribution is 2.26. The van der Waals surface area contributed by atoms with Crippen molar-refractivity contribution in [2.45, 2.75) is 83.0 Å². The minimum atomic E-state index is -0.911. The quantitative estimate of drug-likeness (QED) is 0.681. The molecule has 1 heterocycles. The molecule has 1 saturated heterocycles. The lowest BCUT2D eigenvalue weighted by Gasteiger charge is -2.34. The summed E-state index contributed by atoms with van der Waals surface area (Å²) in [5, 5.41) is 5.86. The fourth-order valence-electron chi connectivity index (χ4n) is 4.31. The number of hydrogen-bond acceptors (Lipinski definition) is 4. The highest BCUT2D eigenvalue weighted by Gasteiger charge is 2.38. The molecule has 0 aromatic heterocycles. The zero-order valence-corrected chi connectivity index (χ0v) is 18.9. The van der Waals surface area contributed by atoms with Crippen molar-refractivity contribution in [3.63, 3.8) is 0 Å². The smallest absolute Gasteiger partial charge is 0.312 e. The average molecular weight is 430 g/mol. The third-order valence-corrected chi connectivity index (χ3v) is 5.74. The first kappa shape index (κ1) is 23.3. The number of carbonyl (C=O) groups excluding carboxylic acids is 3. The van der Waals surface area contributed by atoms with Crippen LogP contribution >= 0.6 is 0 Å². The molecule has 2 atom stereocenters.